The maximum atomic E-state index is 12.1. The fraction of sp³-hybridized carbons (Fsp3) is 0.0625. The van der Waals surface area contributed by atoms with Crippen LogP contribution in [0.5, 0.6) is 0 Å². The van der Waals surface area contributed by atoms with Gasteiger partial charge in [0.15, 0.2) is 5.11 Å². The number of carbonyl (C=O) groups is 2. The lowest BCUT2D eigenvalue weighted by Crippen LogP contribution is -2.48. The van der Waals surface area contributed by atoms with Crippen LogP contribution in [0, 0.1) is 20.6 Å². The molecule has 0 aliphatic carbocycles. The van der Waals surface area contributed by atoms with E-state index in [-0.39, 0.29) is 16.4 Å². The van der Waals surface area contributed by atoms with Gasteiger partial charge in [-0.2, -0.15) is 0 Å². The number of halogens is 1. The molecule has 0 atom stereocenters. The third-order valence-corrected chi connectivity index (χ3v) is 4.66. The van der Waals surface area contributed by atoms with E-state index < -0.39 is 16.7 Å². The van der Waals surface area contributed by atoms with E-state index in [9.17, 15) is 19.7 Å². The Bertz CT molecular complexity index is 886. The van der Waals surface area contributed by atoms with E-state index in [1.54, 1.807) is 12.1 Å². The van der Waals surface area contributed by atoms with Gasteiger partial charge in [-0.25, -0.2) is 0 Å². The highest BCUT2D eigenvalue weighted by Crippen LogP contribution is 2.13. The Morgan fingerprint density at radius 2 is 1.65 bits per heavy atom. The Morgan fingerprint density at radius 1 is 1.04 bits per heavy atom. The number of hydrogen-bond acceptors (Lipinski definition) is 5. The topological polar surface area (TPSA) is 113 Å². The summed E-state index contributed by atoms with van der Waals surface area (Å²) in [7, 11) is 0. The van der Waals surface area contributed by atoms with Crippen molar-refractivity contribution in [1.82, 2.24) is 16.2 Å². The number of thiocarbonyl (C=S) groups is 1. The first-order valence-corrected chi connectivity index (χ1v) is 8.69. The van der Waals surface area contributed by atoms with Gasteiger partial charge in [0.25, 0.3) is 17.5 Å². The second kappa shape index (κ2) is 8.67. The van der Waals surface area contributed by atoms with Crippen molar-refractivity contribution in [3.05, 3.63) is 72.8 Å². The van der Waals surface area contributed by atoms with Crippen molar-refractivity contribution in [2.75, 3.05) is 0 Å². The molecule has 0 aliphatic rings. The molecule has 0 bridgehead atoms. The van der Waals surface area contributed by atoms with Crippen molar-refractivity contribution in [1.29, 1.82) is 0 Å². The zero-order chi connectivity index (χ0) is 19.3. The number of nitro groups is 1. The van der Waals surface area contributed by atoms with Crippen LogP contribution in [0.4, 0.5) is 5.69 Å². The molecular formula is C16H13IN4O4S. The molecule has 134 valence electrons. The van der Waals surface area contributed by atoms with E-state index in [1.165, 1.54) is 24.3 Å². The summed E-state index contributed by atoms with van der Waals surface area (Å²) in [6.07, 6.45) is 0. The highest BCUT2D eigenvalue weighted by atomic mass is 127. The molecule has 0 unspecified atom stereocenters. The first-order chi connectivity index (χ1) is 12.3. The van der Waals surface area contributed by atoms with Gasteiger partial charge in [0.2, 0.25) is 0 Å². The van der Waals surface area contributed by atoms with Crippen LogP contribution in [0.2, 0.25) is 0 Å². The number of amides is 2. The number of benzene rings is 2. The molecule has 0 heterocycles. The molecule has 10 heteroatoms. The lowest BCUT2D eigenvalue weighted by Gasteiger charge is -2.11. The van der Waals surface area contributed by atoms with E-state index in [2.05, 4.69) is 38.8 Å². The van der Waals surface area contributed by atoms with Gasteiger partial charge < -0.3 is 0 Å². The van der Waals surface area contributed by atoms with Crippen molar-refractivity contribution in [3.8, 4) is 0 Å². The van der Waals surface area contributed by atoms with Gasteiger partial charge in [0.1, 0.15) is 0 Å². The Kier molecular flexibility index (Phi) is 6.58. The number of nitrogens with one attached hydrogen (secondary N) is 3. The van der Waals surface area contributed by atoms with Crippen LogP contribution in [0.1, 0.15) is 26.3 Å². The van der Waals surface area contributed by atoms with Crippen LogP contribution >= 0.6 is 34.8 Å². The second-order valence-corrected chi connectivity index (χ2v) is 6.70. The summed E-state index contributed by atoms with van der Waals surface area (Å²) in [6, 6.07) is 10.3. The second-order valence-electron chi connectivity index (χ2n) is 5.13. The zero-order valence-corrected chi connectivity index (χ0v) is 16.4. The Hall–Kier alpha value is -2.60. The normalized spacial score (nSPS) is 9.92. The molecule has 2 amide bonds. The number of carbonyl (C=O) groups excluding carboxylic acids is 2. The summed E-state index contributed by atoms with van der Waals surface area (Å²) in [6.45, 7) is 1.93. The maximum Gasteiger partial charge on any atom is 0.269 e. The average molecular weight is 484 g/mol. The summed E-state index contributed by atoms with van der Waals surface area (Å²) in [5.74, 6) is -0.966. The summed E-state index contributed by atoms with van der Waals surface area (Å²) in [5, 5.41) is 13.0. The summed E-state index contributed by atoms with van der Waals surface area (Å²) in [5.41, 5.74) is 6.29. The molecule has 26 heavy (non-hydrogen) atoms. The minimum Gasteiger partial charge on any atom is -0.298 e. The number of nitro benzene ring substituents is 1. The molecule has 2 aromatic rings. The van der Waals surface area contributed by atoms with Crippen LogP contribution in [-0.4, -0.2) is 21.9 Å². The van der Waals surface area contributed by atoms with Crippen molar-refractivity contribution in [3.63, 3.8) is 0 Å². The number of hydrogen-bond donors (Lipinski definition) is 3. The van der Waals surface area contributed by atoms with Gasteiger partial charge in [-0.1, -0.05) is 6.07 Å². The third-order valence-electron chi connectivity index (χ3n) is 3.29. The SMILES string of the molecule is Cc1ccc(C(=O)NC(=S)NNC(=O)c2ccc([N+](=O)[O-])cc2)cc1I. The van der Waals surface area contributed by atoms with Crippen molar-refractivity contribution >= 4 is 57.4 Å². The maximum absolute atomic E-state index is 12.1. The third kappa shape index (κ3) is 5.20. The van der Waals surface area contributed by atoms with E-state index in [1.807, 2.05) is 13.0 Å². The van der Waals surface area contributed by atoms with Crippen LogP contribution in [0.25, 0.3) is 0 Å². The smallest absolute Gasteiger partial charge is 0.269 e. The van der Waals surface area contributed by atoms with E-state index in [0.717, 1.165) is 9.13 Å². The number of nitrogens with zero attached hydrogens (tertiary/aromatic N) is 1. The van der Waals surface area contributed by atoms with E-state index in [4.69, 9.17) is 12.2 Å². The Morgan fingerprint density at radius 3 is 2.23 bits per heavy atom. The molecule has 8 nitrogen and oxygen atoms in total. The Labute approximate surface area is 167 Å². The molecule has 0 saturated carbocycles. The molecule has 0 spiro atoms. The predicted octanol–water partition coefficient (Wildman–Crippen LogP) is 2.46. The van der Waals surface area contributed by atoms with Crippen LogP contribution < -0.4 is 16.2 Å². The Balaban J connectivity index is 1.89. The van der Waals surface area contributed by atoms with E-state index in [0.29, 0.717) is 5.56 Å². The van der Waals surface area contributed by atoms with Gasteiger partial charge in [-0.3, -0.25) is 35.9 Å². The largest absolute Gasteiger partial charge is 0.298 e. The standard InChI is InChI=1S/C16H13IN4O4S/c1-9-2-3-11(8-13(9)17)14(22)18-16(26)20-19-15(23)10-4-6-12(7-5-10)21(24)25/h2-8H,1H3,(H,19,23)(H2,18,20,22,26). The highest BCUT2D eigenvalue weighted by Gasteiger charge is 2.12. The molecule has 3 N–H and O–H groups in total. The van der Waals surface area contributed by atoms with Gasteiger partial charge in [-0.05, 0) is 71.6 Å². The van der Waals surface area contributed by atoms with Crippen LogP contribution in [0.3, 0.4) is 0 Å². The zero-order valence-electron chi connectivity index (χ0n) is 13.4. The molecule has 0 radical (unpaired) electrons. The lowest BCUT2D eigenvalue weighted by atomic mass is 10.1. The van der Waals surface area contributed by atoms with Gasteiger partial charge in [-0.15, -0.1) is 0 Å². The van der Waals surface area contributed by atoms with Crippen molar-refractivity contribution < 1.29 is 14.5 Å². The quantitative estimate of drug-likeness (QED) is 0.267. The minimum atomic E-state index is -0.559. The lowest BCUT2D eigenvalue weighted by molar-refractivity contribution is -0.384. The highest BCUT2D eigenvalue weighted by molar-refractivity contribution is 14.1. The average Bonchev–Trinajstić information content (AvgIpc) is 2.62. The monoisotopic (exact) mass is 484 g/mol. The molecule has 0 aliphatic heterocycles. The number of hydrazine groups is 1. The van der Waals surface area contributed by atoms with Crippen molar-refractivity contribution in [2.45, 2.75) is 6.92 Å². The predicted molar refractivity (Wildman–Crippen MR) is 108 cm³/mol. The first kappa shape index (κ1) is 19.7. The summed E-state index contributed by atoms with van der Waals surface area (Å²) in [4.78, 5) is 34.1. The summed E-state index contributed by atoms with van der Waals surface area (Å²) < 4.78 is 0.945. The number of aryl methyl sites for hydroxylation is 1. The molecule has 0 aromatic heterocycles. The number of non-ortho nitro benzene ring substituents is 1. The molecule has 0 fully saturated rings. The van der Waals surface area contributed by atoms with Gasteiger partial charge in [0, 0.05) is 26.8 Å². The fourth-order valence-corrected chi connectivity index (χ4v) is 2.52. The fourth-order valence-electron chi connectivity index (χ4n) is 1.86. The van der Waals surface area contributed by atoms with E-state index >= 15 is 0 Å². The molecular weight excluding hydrogens is 471 g/mol. The molecule has 0 saturated heterocycles. The first-order valence-electron chi connectivity index (χ1n) is 7.20. The molecule has 2 rings (SSSR count). The van der Waals surface area contributed by atoms with Crippen LogP contribution in [-0.2, 0) is 0 Å². The number of rotatable bonds is 3. The minimum absolute atomic E-state index is 0.0826. The molecule has 2 aromatic carbocycles. The van der Waals surface area contributed by atoms with Crippen LogP contribution in [0.15, 0.2) is 42.5 Å². The van der Waals surface area contributed by atoms with Gasteiger partial charge >= 0.3 is 0 Å². The van der Waals surface area contributed by atoms with Crippen molar-refractivity contribution in [2.24, 2.45) is 0 Å². The summed E-state index contributed by atoms with van der Waals surface area (Å²) >= 11 is 7.09. The van der Waals surface area contributed by atoms with Gasteiger partial charge in [0.05, 0.1) is 4.92 Å².